The minimum absolute atomic E-state index is 0.0540. The Labute approximate surface area is 115 Å². The van der Waals surface area contributed by atoms with Crippen LogP contribution in [0.2, 0.25) is 0 Å². The van der Waals surface area contributed by atoms with Crippen molar-refractivity contribution in [2.75, 3.05) is 39.5 Å². The minimum Gasteiger partial charge on any atom is -0.396 e. The fourth-order valence-electron chi connectivity index (χ4n) is 1.75. The van der Waals surface area contributed by atoms with E-state index in [1.807, 2.05) is 25.9 Å². The highest BCUT2D eigenvalue weighted by Gasteiger charge is 2.26. The van der Waals surface area contributed by atoms with Gasteiger partial charge in [-0.05, 0) is 39.2 Å². The predicted molar refractivity (Wildman–Crippen MR) is 76.3 cm³/mol. The Morgan fingerprint density at radius 2 is 2.00 bits per heavy atom. The van der Waals surface area contributed by atoms with Crippen molar-refractivity contribution in [2.24, 2.45) is 0 Å². The van der Waals surface area contributed by atoms with Crippen LogP contribution in [0.5, 0.6) is 0 Å². The first-order valence-electron chi connectivity index (χ1n) is 6.25. The van der Waals surface area contributed by atoms with Crippen LogP contribution >= 0.6 is 0 Å². The Bertz CT molecular complexity index is 502. The Morgan fingerprint density at radius 1 is 1.32 bits per heavy atom. The molecule has 0 unspecified atom stereocenters. The lowest BCUT2D eigenvalue weighted by molar-refractivity contribution is 0.355. The number of nitrogens with two attached hydrogens (primary N) is 1. The Hall–Kier alpha value is -1.18. The smallest absolute Gasteiger partial charge is 0.262 e. The molecular formula is C12H22N4O2S. The van der Waals surface area contributed by atoms with E-state index >= 15 is 0 Å². The molecule has 6 nitrogen and oxygen atoms in total. The molecule has 0 bridgehead atoms. The lowest BCUT2D eigenvalue weighted by Gasteiger charge is -2.21. The molecule has 2 N–H and O–H groups in total. The summed E-state index contributed by atoms with van der Waals surface area (Å²) in [4.78, 5) is 5.92. The van der Waals surface area contributed by atoms with Gasteiger partial charge < -0.3 is 10.6 Å². The molecule has 0 atom stereocenters. The van der Waals surface area contributed by atoms with Crippen LogP contribution in [0.3, 0.4) is 0 Å². The van der Waals surface area contributed by atoms with Gasteiger partial charge in [0.25, 0.3) is 10.0 Å². The van der Waals surface area contributed by atoms with E-state index in [0.717, 1.165) is 13.0 Å². The first kappa shape index (κ1) is 15.9. The molecule has 1 heterocycles. The molecule has 108 valence electrons. The van der Waals surface area contributed by atoms with Crippen molar-refractivity contribution in [1.82, 2.24) is 14.2 Å². The Balaban J connectivity index is 2.87. The van der Waals surface area contributed by atoms with Gasteiger partial charge in [0.05, 0.1) is 5.69 Å². The largest absolute Gasteiger partial charge is 0.396 e. The predicted octanol–water partition coefficient (Wildman–Crippen LogP) is 0.626. The maximum Gasteiger partial charge on any atom is 0.262 e. The van der Waals surface area contributed by atoms with Crippen LogP contribution in [0.15, 0.2) is 23.4 Å². The van der Waals surface area contributed by atoms with Crippen molar-refractivity contribution >= 4 is 15.7 Å². The third kappa shape index (κ3) is 4.15. The van der Waals surface area contributed by atoms with Crippen LogP contribution < -0.4 is 5.73 Å². The van der Waals surface area contributed by atoms with Gasteiger partial charge in [0.1, 0.15) is 0 Å². The molecule has 0 saturated heterocycles. The fourth-order valence-corrected chi connectivity index (χ4v) is 3.27. The number of hydrogen-bond acceptors (Lipinski definition) is 5. The first-order valence-corrected chi connectivity index (χ1v) is 7.69. The topological polar surface area (TPSA) is 79.5 Å². The number of hydrogen-bond donors (Lipinski definition) is 1. The highest BCUT2D eigenvalue weighted by Crippen LogP contribution is 2.19. The summed E-state index contributed by atoms with van der Waals surface area (Å²) in [5.41, 5.74) is 5.89. The molecule has 1 rings (SSSR count). The van der Waals surface area contributed by atoms with Crippen LogP contribution in [-0.4, -0.2) is 56.3 Å². The molecule has 0 spiro atoms. The normalized spacial score (nSPS) is 12.3. The van der Waals surface area contributed by atoms with Crippen LogP contribution in [0.25, 0.3) is 0 Å². The maximum absolute atomic E-state index is 12.4. The molecule has 0 aliphatic heterocycles. The molecule has 7 heteroatoms. The zero-order valence-corrected chi connectivity index (χ0v) is 12.5. The van der Waals surface area contributed by atoms with Gasteiger partial charge in [0, 0.05) is 19.3 Å². The monoisotopic (exact) mass is 286 g/mol. The van der Waals surface area contributed by atoms with Gasteiger partial charge in [-0.25, -0.2) is 13.4 Å². The molecule has 0 saturated carbocycles. The number of rotatable bonds is 7. The Kier molecular flexibility index (Phi) is 5.71. The number of aromatic nitrogens is 1. The van der Waals surface area contributed by atoms with Crippen LogP contribution in [0.4, 0.5) is 5.69 Å². The van der Waals surface area contributed by atoms with Crippen molar-refractivity contribution in [3.8, 4) is 0 Å². The summed E-state index contributed by atoms with van der Waals surface area (Å²) in [5.74, 6) is 0. The van der Waals surface area contributed by atoms with Gasteiger partial charge >= 0.3 is 0 Å². The number of nitrogens with zero attached hydrogens (tertiary/aromatic N) is 3. The van der Waals surface area contributed by atoms with Gasteiger partial charge in [-0.3, -0.25) is 0 Å². The van der Waals surface area contributed by atoms with E-state index in [2.05, 4.69) is 4.98 Å². The molecule has 0 fully saturated rings. The van der Waals surface area contributed by atoms with E-state index in [1.54, 1.807) is 12.1 Å². The quantitative estimate of drug-likeness (QED) is 0.795. The van der Waals surface area contributed by atoms with E-state index in [4.69, 9.17) is 5.73 Å². The third-order valence-electron chi connectivity index (χ3n) is 2.75. The molecular weight excluding hydrogens is 264 g/mol. The summed E-state index contributed by atoms with van der Waals surface area (Å²) >= 11 is 0. The average Bonchev–Trinajstić information content (AvgIpc) is 2.34. The summed E-state index contributed by atoms with van der Waals surface area (Å²) in [6.45, 7) is 3.52. The van der Waals surface area contributed by atoms with E-state index in [-0.39, 0.29) is 10.7 Å². The Morgan fingerprint density at radius 3 is 2.53 bits per heavy atom. The summed E-state index contributed by atoms with van der Waals surface area (Å²) in [7, 11) is 0.319. The average molecular weight is 286 g/mol. The van der Waals surface area contributed by atoms with E-state index in [1.165, 1.54) is 10.5 Å². The SMILES string of the molecule is CCN(CCCN(C)C)S(=O)(=O)c1ncccc1N. The molecule has 19 heavy (non-hydrogen) atoms. The van der Waals surface area contributed by atoms with Crippen LogP contribution in [-0.2, 0) is 10.0 Å². The van der Waals surface area contributed by atoms with E-state index in [0.29, 0.717) is 13.1 Å². The molecule has 0 aliphatic carbocycles. The van der Waals surface area contributed by atoms with Crippen molar-refractivity contribution < 1.29 is 8.42 Å². The van der Waals surface area contributed by atoms with Crippen molar-refractivity contribution in [3.63, 3.8) is 0 Å². The first-order chi connectivity index (χ1) is 8.89. The van der Waals surface area contributed by atoms with Crippen LogP contribution in [0.1, 0.15) is 13.3 Å². The number of anilines is 1. The summed E-state index contributed by atoms with van der Waals surface area (Å²) in [5, 5.41) is -0.0540. The van der Waals surface area contributed by atoms with Crippen molar-refractivity contribution in [1.29, 1.82) is 0 Å². The van der Waals surface area contributed by atoms with E-state index < -0.39 is 10.0 Å². The lowest BCUT2D eigenvalue weighted by Crippen LogP contribution is -2.34. The van der Waals surface area contributed by atoms with Gasteiger partial charge in [-0.15, -0.1) is 0 Å². The standard InChI is InChI=1S/C12H22N4O2S/c1-4-16(10-6-9-15(2)3)19(17,18)12-11(13)7-5-8-14-12/h5,7-8H,4,6,9-10,13H2,1-3H3. The highest BCUT2D eigenvalue weighted by atomic mass is 32.2. The van der Waals surface area contributed by atoms with Crippen LogP contribution in [0, 0.1) is 0 Å². The van der Waals surface area contributed by atoms with E-state index in [9.17, 15) is 8.42 Å². The summed E-state index contributed by atoms with van der Waals surface area (Å²) in [6.07, 6.45) is 2.21. The maximum atomic E-state index is 12.4. The second kappa shape index (κ2) is 6.83. The molecule has 0 amide bonds. The summed E-state index contributed by atoms with van der Waals surface area (Å²) < 4.78 is 26.3. The van der Waals surface area contributed by atoms with Crippen molar-refractivity contribution in [2.45, 2.75) is 18.4 Å². The zero-order chi connectivity index (χ0) is 14.5. The highest BCUT2D eigenvalue weighted by molar-refractivity contribution is 7.89. The molecule has 0 radical (unpaired) electrons. The number of sulfonamides is 1. The minimum atomic E-state index is -3.60. The molecule has 0 aromatic carbocycles. The lowest BCUT2D eigenvalue weighted by atomic mass is 10.4. The van der Waals surface area contributed by atoms with Gasteiger partial charge in [-0.2, -0.15) is 4.31 Å². The van der Waals surface area contributed by atoms with Crippen molar-refractivity contribution in [3.05, 3.63) is 18.3 Å². The number of pyridine rings is 1. The third-order valence-corrected chi connectivity index (χ3v) is 4.70. The second-order valence-corrected chi connectivity index (χ2v) is 6.40. The fraction of sp³-hybridized carbons (Fsp3) is 0.583. The van der Waals surface area contributed by atoms with Gasteiger partial charge in [0.2, 0.25) is 0 Å². The molecule has 1 aromatic rings. The zero-order valence-electron chi connectivity index (χ0n) is 11.7. The van der Waals surface area contributed by atoms with Gasteiger partial charge in [-0.1, -0.05) is 6.92 Å². The second-order valence-electron chi connectivity index (χ2n) is 4.55. The molecule has 1 aromatic heterocycles. The number of nitrogen functional groups attached to an aromatic ring is 1. The van der Waals surface area contributed by atoms with Gasteiger partial charge in [0.15, 0.2) is 5.03 Å². The summed E-state index contributed by atoms with van der Waals surface area (Å²) in [6, 6.07) is 3.17. The molecule has 0 aliphatic rings.